The van der Waals surface area contributed by atoms with Gasteiger partial charge in [0.2, 0.25) is 5.96 Å². The van der Waals surface area contributed by atoms with E-state index in [1.54, 1.807) is 24.3 Å². The molecule has 0 atom stereocenters. The standard InChI is InChI=1S/C12H16N4O2/c1-2-3-11(17)18-10-6-4-9(5-7-10)8-15-16-12(13)14/h4-8H,2-3H2,1H3,(H4,13,14,16). The molecule has 0 saturated heterocycles. The van der Waals surface area contributed by atoms with Gasteiger partial charge in [0.05, 0.1) is 6.21 Å². The summed E-state index contributed by atoms with van der Waals surface area (Å²) >= 11 is 0. The number of esters is 1. The molecule has 1 aromatic carbocycles. The largest absolute Gasteiger partial charge is 0.427 e. The normalized spacial score (nSPS) is 10.3. The highest BCUT2D eigenvalue weighted by Crippen LogP contribution is 2.12. The maximum Gasteiger partial charge on any atom is 0.311 e. The number of carbonyl (C=O) groups excluding carboxylic acids is 1. The number of nitrogens with two attached hydrogens (primary N) is 2. The molecule has 0 aliphatic carbocycles. The van der Waals surface area contributed by atoms with E-state index in [4.69, 9.17) is 16.2 Å². The summed E-state index contributed by atoms with van der Waals surface area (Å²) < 4.78 is 5.10. The average molecular weight is 248 g/mol. The molecular weight excluding hydrogens is 232 g/mol. The zero-order valence-electron chi connectivity index (χ0n) is 10.2. The van der Waals surface area contributed by atoms with Gasteiger partial charge < -0.3 is 16.2 Å². The van der Waals surface area contributed by atoms with Crippen molar-refractivity contribution in [2.45, 2.75) is 19.8 Å². The number of carbonyl (C=O) groups is 1. The molecule has 0 amide bonds. The van der Waals surface area contributed by atoms with Gasteiger partial charge in [-0.15, -0.1) is 5.10 Å². The van der Waals surface area contributed by atoms with Crippen LogP contribution < -0.4 is 16.2 Å². The Kier molecular flexibility index (Phi) is 5.37. The van der Waals surface area contributed by atoms with E-state index in [2.05, 4.69) is 10.2 Å². The van der Waals surface area contributed by atoms with Crippen molar-refractivity contribution in [3.8, 4) is 5.75 Å². The molecule has 0 radical (unpaired) electrons. The first kappa shape index (κ1) is 13.7. The van der Waals surface area contributed by atoms with Gasteiger partial charge in [0.15, 0.2) is 0 Å². The maximum absolute atomic E-state index is 11.3. The first-order chi connectivity index (χ1) is 8.61. The third kappa shape index (κ3) is 5.11. The van der Waals surface area contributed by atoms with Crippen LogP contribution in [0.25, 0.3) is 0 Å². The van der Waals surface area contributed by atoms with Crippen LogP contribution in [0.3, 0.4) is 0 Å². The molecule has 96 valence electrons. The number of rotatable bonds is 5. The Labute approximate surface area is 105 Å². The lowest BCUT2D eigenvalue weighted by Gasteiger charge is -2.02. The molecule has 0 fully saturated rings. The number of nitrogens with zero attached hydrogens (tertiary/aromatic N) is 2. The molecule has 4 N–H and O–H groups in total. The Morgan fingerprint density at radius 3 is 2.56 bits per heavy atom. The SMILES string of the molecule is CCCC(=O)Oc1ccc(C=NN=C(N)N)cc1. The van der Waals surface area contributed by atoms with Crippen LogP contribution in [0.5, 0.6) is 5.75 Å². The fourth-order valence-electron chi connectivity index (χ4n) is 1.17. The molecule has 0 aromatic heterocycles. The molecule has 0 aliphatic rings. The van der Waals surface area contributed by atoms with Crippen LogP contribution >= 0.6 is 0 Å². The fraction of sp³-hybridized carbons (Fsp3) is 0.250. The van der Waals surface area contributed by atoms with E-state index in [1.807, 2.05) is 6.92 Å². The predicted octanol–water partition coefficient (Wildman–Crippen LogP) is 0.999. The first-order valence-corrected chi connectivity index (χ1v) is 5.54. The van der Waals surface area contributed by atoms with Crippen molar-refractivity contribution in [1.82, 2.24) is 0 Å². The van der Waals surface area contributed by atoms with E-state index < -0.39 is 0 Å². The molecule has 1 aromatic rings. The second kappa shape index (κ2) is 7.05. The van der Waals surface area contributed by atoms with Crippen molar-refractivity contribution in [3.05, 3.63) is 29.8 Å². The highest BCUT2D eigenvalue weighted by atomic mass is 16.5. The van der Waals surface area contributed by atoms with Gasteiger partial charge in [0, 0.05) is 6.42 Å². The van der Waals surface area contributed by atoms with Crippen molar-refractivity contribution in [2.24, 2.45) is 21.7 Å². The Morgan fingerprint density at radius 2 is 2.00 bits per heavy atom. The lowest BCUT2D eigenvalue weighted by Crippen LogP contribution is -2.21. The van der Waals surface area contributed by atoms with Crippen LogP contribution in [0, 0.1) is 0 Å². The van der Waals surface area contributed by atoms with Crippen molar-refractivity contribution < 1.29 is 9.53 Å². The van der Waals surface area contributed by atoms with Gasteiger partial charge in [0.25, 0.3) is 0 Å². The highest BCUT2D eigenvalue weighted by molar-refractivity contribution is 5.82. The molecule has 0 unspecified atom stereocenters. The summed E-state index contributed by atoms with van der Waals surface area (Å²) in [6.45, 7) is 1.92. The number of hydrogen-bond donors (Lipinski definition) is 2. The van der Waals surface area contributed by atoms with Gasteiger partial charge in [-0.3, -0.25) is 4.79 Å². The second-order valence-corrected chi connectivity index (χ2v) is 3.56. The van der Waals surface area contributed by atoms with Crippen LogP contribution in [0.4, 0.5) is 0 Å². The maximum atomic E-state index is 11.3. The molecule has 18 heavy (non-hydrogen) atoms. The summed E-state index contributed by atoms with van der Waals surface area (Å²) in [5, 5.41) is 7.14. The van der Waals surface area contributed by atoms with Crippen LogP contribution in [0.15, 0.2) is 34.5 Å². The first-order valence-electron chi connectivity index (χ1n) is 5.54. The molecule has 0 spiro atoms. The lowest BCUT2D eigenvalue weighted by atomic mass is 10.2. The molecule has 0 aliphatic heterocycles. The minimum Gasteiger partial charge on any atom is -0.427 e. The van der Waals surface area contributed by atoms with E-state index >= 15 is 0 Å². The van der Waals surface area contributed by atoms with Crippen molar-refractivity contribution in [1.29, 1.82) is 0 Å². The van der Waals surface area contributed by atoms with Crippen molar-refractivity contribution in [3.63, 3.8) is 0 Å². The van der Waals surface area contributed by atoms with Crippen LogP contribution in [0.1, 0.15) is 25.3 Å². The van der Waals surface area contributed by atoms with Gasteiger partial charge in [-0.2, -0.15) is 5.10 Å². The number of hydrogen-bond acceptors (Lipinski definition) is 4. The zero-order valence-corrected chi connectivity index (χ0v) is 10.2. The minimum atomic E-state index is -0.237. The number of benzene rings is 1. The molecule has 6 nitrogen and oxygen atoms in total. The van der Waals surface area contributed by atoms with Crippen LogP contribution in [-0.4, -0.2) is 18.1 Å². The van der Waals surface area contributed by atoms with E-state index in [0.29, 0.717) is 12.2 Å². The van der Waals surface area contributed by atoms with Crippen molar-refractivity contribution >= 4 is 18.1 Å². The quantitative estimate of drug-likeness (QED) is 0.267. The van der Waals surface area contributed by atoms with Gasteiger partial charge in [-0.05, 0) is 36.2 Å². The smallest absolute Gasteiger partial charge is 0.311 e. The topological polar surface area (TPSA) is 103 Å². The van der Waals surface area contributed by atoms with Crippen LogP contribution in [-0.2, 0) is 4.79 Å². The Balaban J connectivity index is 2.60. The summed E-state index contributed by atoms with van der Waals surface area (Å²) in [6.07, 6.45) is 2.67. The average Bonchev–Trinajstić information content (AvgIpc) is 2.31. The summed E-state index contributed by atoms with van der Waals surface area (Å²) in [5.41, 5.74) is 11.0. The molecular formula is C12H16N4O2. The van der Waals surface area contributed by atoms with E-state index in [1.165, 1.54) is 6.21 Å². The van der Waals surface area contributed by atoms with Gasteiger partial charge in [-0.1, -0.05) is 6.92 Å². The zero-order chi connectivity index (χ0) is 13.4. The van der Waals surface area contributed by atoms with Gasteiger partial charge in [0.1, 0.15) is 5.75 Å². The van der Waals surface area contributed by atoms with Crippen molar-refractivity contribution in [2.75, 3.05) is 0 Å². The summed E-state index contributed by atoms with van der Waals surface area (Å²) in [5.74, 6) is 0.170. The molecule has 0 bridgehead atoms. The van der Waals surface area contributed by atoms with Crippen LogP contribution in [0.2, 0.25) is 0 Å². The molecule has 0 heterocycles. The van der Waals surface area contributed by atoms with E-state index in [9.17, 15) is 4.79 Å². The third-order valence-electron chi connectivity index (χ3n) is 1.95. The monoisotopic (exact) mass is 248 g/mol. The summed E-state index contributed by atoms with van der Waals surface area (Å²) in [4.78, 5) is 11.3. The lowest BCUT2D eigenvalue weighted by molar-refractivity contribution is -0.134. The predicted molar refractivity (Wildman–Crippen MR) is 70.4 cm³/mol. The highest BCUT2D eigenvalue weighted by Gasteiger charge is 2.02. The van der Waals surface area contributed by atoms with E-state index in [-0.39, 0.29) is 11.9 Å². The van der Waals surface area contributed by atoms with Gasteiger partial charge in [-0.25, -0.2) is 0 Å². The molecule has 1 rings (SSSR count). The fourth-order valence-corrected chi connectivity index (χ4v) is 1.17. The molecule has 6 heteroatoms. The number of guanidine groups is 1. The Hall–Kier alpha value is -2.37. The summed E-state index contributed by atoms with van der Waals surface area (Å²) in [7, 11) is 0. The second-order valence-electron chi connectivity index (χ2n) is 3.56. The molecule has 0 saturated carbocycles. The Bertz CT molecular complexity index is 448. The minimum absolute atomic E-state index is 0.101. The van der Waals surface area contributed by atoms with E-state index in [0.717, 1.165) is 12.0 Å². The third-order valence-corrected chi connectivity index (χ3v) is 1.95. The van der Waals surface area contributed by atoms with Gasteiger partial charge >= 0.3 is 5.97 Å². The summed E-state index contributed by atoms with van der Waals surface area (Å²) in [6, 6.07) is 6.87. The number of ether oxygens (including phenoxy) is 1. The Morgan fingerprint density at radius 1 is 1.33 bits per heavy atom.